The van der Waals surface area contributed by atoms with Crippen LogP contribution in [0.3, 0.4) is 0 Å². The Labute approximate surface area is 115 Å². The summed E-state index contributed by atoms with van der Waals surface area (Å²) in [6.07, 6.45) is 4.67. The Bertz CT molecular complexity index is 413. The molecule has 0 aromatic carbocycles. The van der Waals surface area contributed by atoms with Crippen molar-refractivity contribution in [3.63, 3.8) is 0 Å². The third-order valence-electron chi connectivity index (χ3n) is 3.89. The number of piperidine rings is 1. The highest BCUT2D eigenvalue weighted by Crippen LogP contribution is 2.27. The van der Waals surface area contributed by atoms with E-state index in [1.807, 2.05) is 30.1 Å². The van der Waals surface area contributed by atoms with E-state index in [4.69, 9.17) is 0 Å². The van der Waals surface area contributed by atoms with Crippen molar-refractivity contribution in [2.75, 3.05) is 26.7 Å². The quantitative estimate of drug-likeness (QED) is 0.893. The number of pyridine rings is 1. The molecule has 104 valence electrons. The van der Waals surface area contributed by atoms with E-state index in [0.717, 1.165) is 44.6 Å². The van der Waals surface area contributed by atoms with Crippen LogP contribution in [-0.4, -0.2) is 42.5 Å². The van der Waals surface area contributed by atoms with Gasteiger partial charge in [-0.05, 0) is 38.4 Å². The lowest BCUT2D eigenvalue weighted by atomic mass is 9.81. The van der Waals surface area contributed by atoms with Crippen LogP contribution >= 0.6 is 0 Å². The first kappa shape index (κ1) is 14.0. The van der Waals surface area contributed by atoms with E-state index >= 15 is 0 Å². The van der Waals surface area contributed by atoms with Gasteiger partial charge in [0.1, 0.15) is 0 Å². The molecule has 1 saturated heterocycles. The van der Waals surface area contributed by atoms with Crippen LogP contribution < -0.4 is 5.32 Å². The summed E-state index contributed by atoms with van der Waals surface area (Å²) in [6, 6.07) is 5.89. The van der Waals surface area contributed by atoms with E-state index in [1.54, 1.807) is 6.20 Å². The summed E-state index contributed by atoms with van der Waals surface area (Å²) in [6.45, 7) is 4.62. The maximum atomic E-state index is 12.5. The number of amides is 1. The first-order chi connectivity index (χ1) is 9.12. The summed E-state index contributed by atoms with van der Waals surface area (Å²) in [5, 5.41) is 3.33. The number of carbonyl (C=O) groups excluding carboxylic acids is 1. The molecule has 0 aliphatic carbocycles. The molecule has 1 aromatic rings. The zero-order valence-electron chi connectivity index (χ0n) is 11.9. The maximum Gasteiger partial charge on any atom is 0.229 e. The molecule has 1 amide bonds. The lowest BCUT2D eigenvalue weighted by Crippen LogP contribution is -2.49. The summed E-state index contributed by atoms with van der Waals surface area (Å²) in [5.74, 6) is 0.246. The van der Waals surface area contributed by atoms with E-state index in [1.165, 1.54) is 0 Å². The molecule has 1 aromatic heterocycles. The maximum absolute atomic E-state index is 12.5. The zero-order valence-corrected chi connectivity index (χ0v) is 11.9. The molecule has 0 spiro atoms. The second kappa shape index (κ2) is 6.15. The molecule has 2 rings (SSSR count). The molecule has 1 fully saturated rings. The third kappa shape index (κ3) is 3.53. The predicted octanol–water partition coefficient (Wildman–Crippen LogP) is 1.47. The summed E-state index contributed by atoms with van der Waals surface area (Å²) in [7, 11) is 1.89. The van der Waals surface area contributed by atoms with Gasteiger partial charge in [0.05, 0.1) is 5.41 Å². The largest absolute Gasteiger partial charge is 0.345 e. The van der Waals surface area contributed by atoms with Gasteiger partial charge < -0.3 is 10.2 Å². The second-order valence-electron chi connectivity index (χ2n) is 5.64. The highest BCUT2D eigenvalue weighted by molar-refractivity contribution is 5.82. The van der Waals surface area contributed by atoms with Crippen molar-refractivity contribution in [2.45, 2.75) is 26.2 Å². The van der Waals surface area contributed by atoms with Crippen molar-refractivity contribution in [3.8, 4) is 0 Å². The molecule has 1 aliphatic heterocycles. The topological polar surface area (TPSA) is 45.2 Å². The van der Waals surface area contributed by atoms with E-state index in [2.05, 4.69) is 17.2 Å². The minimum atomic E-state index is -0.239. The number of nitrogens with zero attached hydrogens (tertiary/aromatic N) is 2. The SMILES string of the molecule is CN(CCc1ccccn1)C(=O)[C@]1(C)CCCNC1. The van der Waals surface area contributed by atoms with Crippen LogP contribution in [0.1, 0.15) is 25.5 Å². The van der Waals surface area contributed by atoms with Gasteiger partial charge in [0, 0.05) is 38.4 Å². The van der Waals surface area contributed by atoms with E-state index in [0.29, 0.717) is 0 Å². The smallest absolute Gasteiger partial charge is 0.229 e. The van der Waals surface area contributed by atoms with Crippen molar-refractivity contribution in [2.24, 2.45) is 5.41 Å². The fourth-order valence-electron chi connectivity index (χ4n) is 2.63. The van der Waals surface area contributed by atoms with Crippen LogP contribution in [0.25, 0.3) is 0 Å². The number of carbonyl (C=O) groups is 1. The lowest BCUT2D eigenvalue weighted by molar-refractivity contribution is -0.140. The van der Waals surface area contributed by atoms with Crippen LogP contribution in [0.15, 0.2) is 24.4 Å². The van der Waals surface area contributed by atoms with Gasteiger partial charge in [0.2, 0.25) is 5.91 Å². The molecule has 1 N–H and O–H groups in total. The molecule has 0 bridgehead atoms. The average Bonchev–Trinajstić information content (AvgIpc) is 2.46. The molecule has 4 nitrogen and oxygen atoms in total. The number of hydrogen-bond donors (Lipinski definition) is 1. The molecular formula is C15H23N3O. The van der Waals surface area contributed by atoms with Gasteiger partial charge in [-0.3, -0.25) is 9.78 Å². The number of aromatic nitrogens is 1. The van der Waals surface area contributed by atoms with E-state index < -0.39 is 0 Å². The third-order valence-corrected chi connectivity index (χ3v) is 3.89. The Morgan fingerprint density at radius 3 is 3.00 bits per heavy atom. The van der Waals surface area contributed by atoms with E-state index in [-0.39, 0.29) is 11.3 Å². The predicted molar refractivity (Wildman–Crippen MR) is 75.8 cm³/mol. The summed E-state index contributed by atoms with van der Waals surface area (Å²) in [4.78, 5) is 18.6. The molecule has 0 saturated carbocycles. The molecule has 0 unspecified atom stereocenters. The molecule has 1 atom stereocenters. The fraction of sp³-hybridized carbons (Fsp3) is 0.600. The van der Waals surface area contributed by atoms with Gasteiger partial charge >= 0.3 is 0 Å². The zero-order chi connectivity index (χ0) is 13.7. The van der Waals surface area contributed by atoms with E-state index in [9.17, 15) is 4.79 Å². The first-order valence-electron chi connectivity index (χ1n) is 6.98. The second-order valence-corrected chi connectivity index (χ2v) is 5.64. The number of likely N-dealkylation sites (N-methyl/N-ethyl adjacent to an activating group) is 1. The Hall–Kier alpha value is -1.42. The van der Waals surface area contributed by atoms with Crippen LogP contribution in [0.4, 0.5) is 0 Å². The Morgan fingerprint density at radius 1 is 1.53 bits per heavy atom. The highest BCUT2D eigenvalue weighted by Gasteiger charge is 2.36. The standard InChI is InChI=1S/C15H23N3O/c1-15(8-5-9-16-12-15)14(19)18(2)11-7-13-6-3-4-10-17-13/h3-4,6,10,16H,5,7-9,11-12H2,1-2H3/t15-/m1/s1. The fourth-order valence-corrected chi connectivity index (χ4v) is 2.63. The normalized spacial score (nSPS) is 23.1. The van der Waals surface area contributed by atoms with Gasteiger partial charge in [-0.2, -0.15) is 0 Å². The number of hydrogen-bond acceptors (Lipinski definition) is 3. The summed E-state index contributed by atoms with van der Waals surface area (Å²) < 4.78 is 0. The molecule has 2 heterocycles. The Kier molecular flexibility index (Phi) is 4.53. The summed E-state index contributed by atoms with van der Waals surface area (Å²) in [5.41, 5.74) is 0.797. The minimum Gasteiger partial charge on any atom is -0.345 e. The van der Waals surface area contributed by atoms with Gasteiger partial charge in [0.25, 0.3) is 0 Å². The van der Waals surface area contributed by atoms with Crippen LogP contribution in [0.5, 0.6) is 0 Å². The van der Waals surface area contributed by atoms with Gasteiger partial charge in [-0.25, -0.2) is 0 Å². The Morgan fingerprint density at radius 2 is 2.37 bits per heavy atom. The van der Waals surface area contributed by atoms with Crippen LogP contribution in [0.2, 0.25) is 0 Å². The highest BCUT2D eigenvalue weighted by atomic mass is 16.2. The van der Waals surface area contributed by atoms with Crippen molar-refractivity contribution < 1.29 is 4.79 Å². The molecule has 4 heteroatoms. The number of nitrogens with one attached hydrogen (secondary N) is 1. The minimum absolute atomic E-state index is 0.239. The molecular weight excluding hydrogens is 238 g/mol. The summed E-state index contributed by atoms with van der Waals surface area (Å²) >= 11 is 0. The lowest BCUT2D eigenvalue weighted by Gasteiger charge is -2.36. The van der Waals surface area contributed by atoms with Crippen LogP contribution in [0, 0.1) is 5.41 Å². The van der Waals surface area contributed by atoms with Crippen molar-refractivity contribution in [1.29, 1.82) is 0 Å². The van der Waals surface area contributed by atoms with Gasteiger partial charge in [0.15, 0.2) is 0 Å². The van der Waals surface area contributed by atoms with Gasteiger partial charge in [-0.1, -0.05) is 6.07 Å². The average molecular weight is 261 g/mol. The molecule has 1 aliphatic rings. The monoisotopic (exact) mass is 261 g/mol. The van der Waals surface area contributed by atoms with Gasteiger partial charge in [-0.15, -0.1) is 0 Å². The number of rotatable bonds is 4. The van der Waals surface area contributed by atoms with Crippen LogP contribution in [-0.2, 0) is 11.2 Å². The van der Waals surface area contributed by atoms with Crippen molar-refractivity contribution in [3.05, 3.63) is 30.1 Å². The first-order valence-corrected chi connectivity index (χ1v) is 6.98. The molecule has 19 heavy (non-hydrogen) atoms. The van der Waals surface area contributed by atoms with Crippen molar-refractivity contribution in [1.82, 2.24) is 15.2 Å². The molecule has 0 radical (unpaired) electrons. The Balaban J connectivity index is 1.88. The van der Waals surface area contributed by atoms with Crippen molar-refractivity contribution >= 4 is 5.91 Å².